The summed E-state index contributed by atoms with van der Waals surface area (Å²) in [5, 5.41) is 7.82. The van der Waals surface area contributed by atoms with Crippen molar-refractivity contribution >= 4 is 0 Å². The number of rotatable bonds is 9. The second-order valence-corrected chi connectivity index (χ2v) is 5.23. The highest BCUT2D eigenvalue weighted by Gasteiger charge is 1.98. The first-order valence-electron chi connectivity index (χ1n) is 7.64. The van der Waals surface area contributed by atoms with Crippen LogP contribution in [-0.4, -0.2) is 16.3 Å². The predicted octanol–water partition coefficient (Wildman–Crippen LogP) is 3.41. The maximum Gasteiger partial charge on any atom is 0.0534 e. The molecule has 0 saturated carbocycles. The molecule has 0 spiro atoms. The first-order chi connectivity index (χ1) is 9.88. The number of aromatic nitrogens is 2. The largest absolute Gasteiger partial charge is 0.313 e. The minimum absolute atomic E-state index is 0.928. The van der Waals surface area contributed by atoms with Gasteiger partial charge in [-0.2, -0.15) is 5.10 Å². The third kappa shape index (κ3) is 5.17. The second kappa shape index (κ2) is 8.54. The molecule has 3 nitrogen and oxygen atoms in total. The Hall–Kier alpha value is -1.61. The van der Waals surface area contributed by atoms with Crippen molar-refractivity contribution in [2.45, 2.75) is 45.7 Å². The summed E-state index contributed by atoms with van der Waals surface area (Å²) >= 11 is 0. The lowest BCUT2D eigenvalue weighted by atomic mass is 10.1. The molecule has 0 fully saturated rings. The molecule has 0 saturated heterocycles. The summed E-state index contributed by atoms with van der Waals surface area (Å²) in [6.45, 7) is 5.20. The molecule has 0 aliphatic rings. The molecular weight excluding hydrogens is 246 g/mol. The molecule has 0 atom stereocenters. The van der Waals surface area contributed by atoms with Gasteiger partial charge in [0.1, 0.15) is 0 Å². The van der Waals surface area contributed by atoms with Gasteiger partial charge in [-0.1, -0.05) is 37.3 Å². The van der Waals surface area contributed by atoms with Crippen LogP contribution in [0.2, 0.25) is 0 Å². The molecule has 0 bridgehead atoms. The second-order valence-electron chi connectivity index (χ2n) is 5.23. The molecule has 0 unspecified atom stereocenters. The summed E-state index contributed by atoms with van der Waals surface area (Å²) in [6.07, 6.45) is 8.86. The van der Waals surface area contributed by atoms with Crippen molar-refractivity contribution in [2.75, 3.05) is 6.54 Å². The molecule has 0 aliphatic carbocycles. The quantitative estimate of drug-likeness (QED) is 0.708. The molecule has 1 N–H and O–H groups in total. The molecule has 2 rings (SSSR count). The van der Waals surface area contributed by atoms with E-state index in [4.69, 9.17) is 0 Å². The van der Waals surface area contributed by atoms with Crippen LogP contribution in [0.1, 0.15) is 37.3 Å². The fraction of sp³-hybridized carbons (Fsp3) is 0.471. The highest BCUT2D eigenvalue weighted by atomic mass is 15.3. The fourth-order valence-electron chi connectivity index (χ4n) is 2.28. The van der Waals surface area contributed by atoms with E-state index in [-0.39, 0.29) is 0 Å². The molecular formula is C17H25N3. The number of aryl methyl sites for hydroxylation is 2. The SMILES string of the molecule is CCCNCc1cnn(CCCCc2ccccc2)c1. The van der Waals surface area contributed by atoms with Crippen molar-refractivity contribution in [3.63, 3.8) is 0 Å². The highest BCUT2D eigenvalue weighted by Crippen LogP contribution is 2.06. The minimum atomic E-state index is 0.928. The smallest absolute Gasteiger partial charge is 0.0534 e. The zero-order valence-corrected chi connectivity index (χ0v) is 12.4. The van der Waals surface area contributed by atoms with Crippen molar-refractivity contribution in [3.8, 4) is 0 Å². The first kappa shape index (κ1) is 14.8. The average molecular weight is 271 g/mol. The molecule has 20 heavy (non-hydrogen) atoms. The van der Waals surface area contributed by atoms with E-state index < -0.39 is 0 Å². The maximum atomic E-state index is 4.42. The lowest BCUT2D eigenvalue weighted by Gasteiger charge is -2.02. The van der Waals surface area contributed by atoms with Gasteiger partial charge in [0.05, 0.1) is 6.20 Å². The first-order valence-corrected chi connectivity index (χ1v) is 7.64. The summed E-state index contributed by atoms with van der Waals surface area (Å²) in [5.74, 6) is 0. The van der Waals surface area contributed by atoms with Crippen LogP contribution in [0.15, 0.2) is 42.7 Å². The summed E-state index contributed by atoms with van der Waals surface area (Å²) < 4.78 is 2.06. The molecule has 0 amide bonds. The predicted molar refractivity (Wildman–Crippen MR) is 83.6 cm³/mol. The number of hydrogen-bond donors (Lipinski definition) is 1. The minimum Gasteiger partial charge on any atom is -0.313 e. The number of benzene rings is 1. The van der Waals surface area contributed by atoms with Gasteiger partial charge in [0.25, 0.3) is 0 Å². The number of unbranched alkanes of at least 4 members (excludes halogenated alkanes) is 1. The summed E-state index contributed by atoms with van der Waals surface area (Å²) in [7, 11) is 0. The third-order valence-corrected chi connectivity index (χ3v) is 3.39. The Morgan fingerprint density at radius 1 is 1.10 bits per heavy atom. The molecule has 108 valence electrons. The van der Waals surface area contributed by atoms with Crippen LogP contribution < -0.4 is 5.32 Å². The third-order valence-electron chi connectivity index (χ3n) is 3.39. The molecule has 0 aliphatic heterocycles. The van der Waals surface area contributed by atoms with Crippen LogP contribution in [-0.2, 0) is 19.5 Å². The zero-order chi connectivity index (χ0) is 14.0. The standard InChI is InChI=1S/C17H25N3/c1-2-11-18-13-17-14-19-20(15-17)12-7-6-10-16-8-4-3-5-9-16/h3-5,8-9,14-15,18H,2,6-7,10-13H2,1H3. The number of hydrogen-bond acceptors (Lipinski definition) is 2. The fourth-order valence-corrected chi connectivity index (χ4v) is 2.28. The van der Waals surface area contributed by atoms with Crippen molar-refractivity contribution in [2.24, 2.45) is 0 Å². The van der Waals surface area contributed by atoms with Crippen LogP contribution in [0.4, 0.5) is 0 Å². The van der Waals surface area contributed by atoms with Gasteiger partial charge < -0.3 is 5.32 Å². The van der Waals surface area contributed by atoms with E-state index >= 15 is 0 Å². The van der Waals surface area contributed by atoms with Crippen LogP contribution in [0.5, 0.6) is 0 Å². The van der Waals surface area contributed by atoms with E-state index in [0.29, 0.717) is 0 Å². The molecule has 3 heteroatoms. The molecule has 1 heterocycles. The Kier molecular flexibility index (Phi) is 6.32. The van der Waals surface area contributed by atoms with Crippen molar-refractivity contribution in [1.82, 2.24) is 15.1 Å². The topological polar surface area (TPSA) is 29.9 Å². The lowest BCUT2D eigenvalue weighted by molar-refractivity contribution is 0.557. The van der Waals surface area contributed by atoms with Crippen LogP contribution in [0.25, 0.3) is 0 Å². The maximum absolute atomic E-state index is 4.42. The average Bonchev–Trinajstić information content (AvgIpc) is 2.93. The van der Waals surface area contributed by atoms with E-state index in [1.165, 1.54) is 30.4 Å². The van der Waals surface area contributed by atoms with Gasteiger partial charge in [-0.3, -0.25) is 4.68 Å². The Morgan fingerprint density at radius 3 is 2.75 bits per heavy atom. The van der Waals surface area contributed by atoms with E-state index in [2.05, 4.69) is 58.5 Å². The van der Waals surface area contributed by atoms with E-state index in [9.17, 15) is 0 Å². The van der Waals surface area contributed by atoms with Gasteiger partial charge in [-0.15, -0.1) is 0 Å². The van der Waals surface area contributed by atoms with Gasteiger partial charge in [0, 0.05) is 24.8 Å². The summed E-state index contributed by atoms with van der Waals surface area (Å²) in [6, 6.07) is 10.7. The molecule has 1 aromatic heterocycles. The Balaban J connectivity index is 1.64. The highest BCUT2D eigenvalue weighted by molar-refractivity contribution is 5.14. The van der Waals surface area contributed by atoms with Gasteiger partial charge in [0.15, 0.2) is 0 Å². The summed E-state index contributed by atoms with van der Waals surface area (Å²) in [4.78, 5) is 0. The lowest BCUT2D eigenvalue weighted by Crippen LogP contribution is -2.13. The Morgan fingerprint density at radius 2 is 1.95 bits per heavy atom. The molecule has 1 aromatic carbocycles. The van der Waals surface area contributed by atoms with Crippen molar-refractivity contribution in [1.29, 1.82) is 0 Å². The van der Waals surface area contributed by atoms with Gasteiger partial charge in [0.2, 0.25) is 0 Å². The number of nitrogens with one attached hydrogen (secondary N) is 1. The van der Waals surface area contributed by atoms with E-state index in [1.807, 2.05) is 6.20 Å². The van der Waals surface area contributed by atoms with Crippen LogP contribution in [0, 0.1) is 0 Å². The van der Waals surface area contributed by atoms with Crippen molar-refractivity contribution < 1.29 is 0 Å². The Bertz CT molecular complexity index is 476. The molecule has 0 radical (unpaired) electrons. The van der Waals surface area contributed by atoms with Gasteiger partial charge in [-0.25, -0.2) is 0 Å². The monoisotopic (exact) mass is 271 g/mol. The molecule has 2 aromatic rings. The van der Waals surface area contributed by atoms with E-state index in [1.54, 1.807) is 0 Å². The van der Waals surface area contributed by atoms with Crippen LogP contribution in [0.3, 0.4) is 0 Å². The van der Waals surface area contributed by atoms with Crippen LogP contribution >= 0.6 is 0 Å². The van der Waals surface area contributed by atoms with E-state index in [0.717, 1.165) is 26.1 Å². The summed E-state index contributed by atoms with van der Waals surface area (Å²) in [5.41, 5.74) is 2.71. The number of nitrogens with zero attached hydrogens (tertiary/aromatic N) is 2. The van der Waals surface area contributed by atoms with Gasteiger partial charge >= 0.3 is 0 Å². The zero-order valence-electron chi connectivity index (χ0n) is 12.4. The normalized spacial score (nSPS) is 10.8. The Labute approximate surface area is 122 Å². The van der Waals surface area contributed by atoms with Crippen molar-refractivity contribution in [3.05, 3.63) is 53.9 Å². The van der Waals surface area contributed by atoms with Gasteiger partial charge in [-0.05, 0) is 37.8 Å².